The first-order chi connectivity index (χ1) is 16.4. The number of aryl methyl sites for hydroxylation is 1. The third-order valence-electron chi connectivity index (χ3n) is 7.58. The van der Waals surface area contributed by atoms with E-state index in [2.05, 4.69) is 76.9 Å². The summed E-state index contributed by atoms with van der Waals surface area (Å²) >= 11 is 0. The number of hydrogen-bond donors (Lipinski definition) is 1. The van der Waals surface area contributed by atoms with E-state index in [0.717, 1.165) is 56.8 Å². The normalized spacial score (nSPS) is 20.4. The molecule has 1 aromatic heterocycles. The van der Waals surface area contributed by atoms with Crippen LogP contribution in [0.15, 0.2) is 30.3 Å². The van der Waals surface area contributed by atoms with Crippen LogP contribution in [0.2, 0.25) is 0 Å². The van der Waals surface area contributed by atoms with Crippen molar-refractivity contribution in [1.82, 2.24) is 25.0 Å². The van der Waals surface area contributed by atoms with E-state index in [1.165, 1.54) is 5.56 Å². The van der Waals surface area contributed by atoms with Crippen molar-refractivity contribution < 1.29 is 9.53 Å². The van der Waals surface area contributed by atoms with Crippen LogP contribution in [0.25, 0.3) is 0 Å². The number of piperidine rings is 1. The van der Waals surface area contributed by atoms with Gasteiger partial charge in [0.25, 0.3) is 0 Å². The Bertz CT molecular complexity index is 914. The Labute approximate surface area is 204 Å². The molecular formula is C27H41N5O2. The van der Waals surface area contributed by atoms with Gasteiger partial charge < -0.3 is 19.5 Å². The van der Waals surface area contributed by atoms with E-state index in [0.29, 0.717) is 31.2 Å². The van der Waals surface area contributed by atoms with E-state index >= 15 is 0 Å². The van der Waals surface area contributed by atoms with Gasteiger partial charge in [-0.1, -0.05) is 44.2 Å². The van der Waals surface area contributed by atoms with Crippen molar-refractivity contribution in [3.05, 3.63) is 47.5 Å². The Morgan fingerprint density at radius 1 is 1.06 bits per heavy atom. The van der Waals surface area contributed by atoms with Crippen molar-refractivity contribution in [3.63, 3.8) is 0 Å². The molecule has 0 spiro atoms. The Hall–Kier alpha value is -2.25. The number of nitrogens with zero attached hydrogens (tertiary/aromatic N) is 4. The van der Waals surface area contributed by atoms with Crippen LogP contribution >= 0.6 is 0 Å². The van der Waals surface area contributed by atoms with E-state index in [-0.39, 0.29) is 17.9 Å². The van der Waals surface area contributed by atoms with E-state index < -0.39 is 0 Å². The van der Waals surface area contributed by atoms with Gasteiger partial charge in [0.15, 0.2) is 0 Å². The summed E-state index contributed by atoms with van der Waals surface area (Å²) in [7, 11) is 0. The van der Waals surface area contributed by atoms with Gasteiger partial charge in [0.1, 0.15) is 11.6 Å². The van der Waals surface area contributed by atoms with Crippen molar-refractivity contribution in [2.45, 2.75) is 83.8 Å². The van der Waals surface area contributed by atoms with Gasteiger partial charge >= 0.3 is 0 Å². The molecule has 0 aliphatic carbocycles. The second-order valence-corrected chi connectivity index (χ2v) is 10.3. The Kier molecular flexibility index (Phi) is 8.37. The fourth-order valence-electron chi connectivity index (χ4n) is 5.52. The number of nitrogens with one attached hydrogen (secondary N) is 1. The molecule has 0 radical (unpaired) electrons. The van der Waals surface area contributed by atoms with Gasteiger partial charge in [-0.15, -0.1) is 10.2 Å². The zero-order valence-corrected chi connectivity index (χ0v) is 21.2. The molecule has 186 valence electrons. The number of rotatable bonds is 8. The minimum atomic E-state index is 0.0249. The number of likely N-dealkylation sites (tertiary alicyclic amines) is 1. The van der Waals surface area contributed by atoms with E-state index in [9.17, 15) is 4.79 Å². The molecule has 2 saturated heterocycles. The summed E-state index contributed by atoms with van der Waals surface area (Å²) in [5.41, 5.74) is 1.19. The van der Waals surface area contributed by atoms with Gasteiger partial charge in [-0.05, 0) is 51.5 Å². The fraction of sp³-hybridized carbons (Fsp3) is 0.667. The molecule has 34 heavy (non-hydrogen) atoms. The Morgan fingerprint density at radius 2 is 1.74 bits per heavy atom. The van der Waals surface area contributed by atoms with Crippen LogP contribution in [0.1, 0.15) is 88.1 Å². The quantitative estimate of drug-likeness (QED) is 0.623. The van der Waals surface area contributed by atoms with E-state index in [4.69, 9.17) is 4.74 Å². The molecule has 7 nitrogen and oxygen atoms in total. The average Bonchev–Trinajstić information content (AvgIpc) is 3.26. The molecule has 1 amide bonds. The number of benzene rings is 1. The van der Waals surface area contributed by atoms with Gasteiger partial charge in [0.05, 0.1) is 6.04 Å². The van der Waals surface area contributed by atoms with Crippen LogP contribution in [0.3, 0.4) is 0 Å². The van der Waals surface area contributed by atoms with Crippen LogP contribution in [-0.2, 0) is 9.53 Å². The maximum Gasteiger partial charge on any atom is 0.223 e. The SMILES string of the molecule is Cc1nnc(C(C)C)n1C1CCN(C(C)C[C@H](NC(=O)C2CCOCC2)c2ccccc2)CC1. The summed E-state index contributed by atoms with van der Waals surface area (Å²) in [4.78, 5) is 15.6. The molecule has 0 saturated carbocycles. The van der Waals surface area contributed by atoms with Gasteiger partial charge in [-0.2, -0.15) is 0 Å². The Balaban J connectivity index is 1.39. The molecular weight excluding hydrogens is 426 g/mol. The largest absolute Gasteiger partial charge is 0.381 e. The second kappa shape index (κ2) is 11.5. The zero-order valence-electron chi connectivity index (χ0n) is 21.2. The monoisotopic (exact) mass is 467 g/mol. The fourth-order valence-corrected chi connectivity index (χ4v) is 5.52. The standard InChI is InChI=1S/C27H41N5O2/c1-19(2)26-30-29-21(4)32(26)24-10-14-31(15-11-24)20(3)18-25(22-8-6-5-7-9-22)28-27(33)23-12-16-34-17-13-23/h5-9,19-20,23-25H,10-18H2,1-4H3,(H,28,33)/t20?,25-/m0/s1. The number of carbonyl (C=O) groups is 1. The number of aromatic nitrogens is 3. The molecule has 2 aliphatic rings. The maximum absolute atomic E-state index is 13.0. The molecule has 2 aliphatic heterocycles. The average molecular weight is 468 g/mol. The van der Waals surface area contributed by atoms with Gasteiger partial charge in [-0.3, -0.25) is 4.79 Å². The molecule has 3 heterocycles. The van der Waals surface area contributed by atoms with Crippen LogP contribution in [0.5, 0.6) is 0 Å². The minimum absolute atomic E-state index is 0.0249. The highest BCUT2D eigenvalue weighted by Gasteiger charge is 2.30. The highest BCUT2D eigenvalue weighted by atomic mass is 16.5. The highest BCUT2D eigenvalue weighted by Crippen LogP contribution is 2.30. The first kappa shape index (κ1) is 24.9. The highest BCUT2D eigenvalue weighted by molar-refractivity contribution is 5.79. The Morgan fingerprint density at radius 3 is 2.38 bits per heavy atom. The van der Waals surface area contributed by atoms with Crippen molar-refractivity contribution >= 4 is 5.91 Å². The lowest BCUT2D eigenvalue weighted by molar-refractivity contribution is -0.128. The smallest absolute Gasteiger partial charge is 0.223 e. The summed E-state index contributed by atoms with van der Waals surface area (Å²) in [6, 6.07) is 11.3. The van der Waals surface area contributed by atoms with E-state index in [1.54, 1.807) is 0 Å². The van der Waals surface area contributed by atoms with Gasteiger partial charge in [0, 0.05) is 50.2 Å². The number of carbonyl (C=O) groups excluding carboxylic acids is 1. The van der Waals surface area contributed by atoms with Crippen molar-refractivity contribution in [1.29, 1.82) is 0 Å². The van der Waals surface area contributed by atoms with Crippen LogP contribution in [0, 0.1) is 12.8 Å². The summed E-state index contributed by atoms with van der Waals surface area (Å²) in [6.45, 7) is 12.2. The summed E-state index contributed by atoms with van der Waals surface area (Å²) in [6.07, 6.45) is 4.75. The number of amides is 1. The lowest BCUT2D eigenvalue weighted by atomic mass is 9.94. The molecule has 7 heteroatoms. The molecule has 1 N–H and O–H groups in total. The summed E-state index contributed by atoms with van der Waals surface area (Å²) in [5.74, 6) is 2.74. The third-order valence-corrected chi connectivity index (χ3v) is 7.58. The molecule has 1 unspecified atom stereocenters. The van der Waals surface area contributed by atoms with Crippen molar-refractivity contribution in [3.8, 4) is 0 Å². The predicted molar refractivity (Wildman–Crippen MR) is 134 cm³/mol. The van der Waals surface area contributed by atoms with Crippen molar-refractivity contribution in [2.75, 3.05) is 26.3 Å². The van der Waals surface area contributed by atoms with Crippen LogP contribution < -0.4 is 5.32 Å². The number of hydrogen-bond acceptors (Lipinski definition) is 5. The lowest BCUT2D eigenvalue weighted by Crippen LogP contribution is -2.44. The molecule has 2 aromatic rings. The summed E-state index contributed by atoms with van der Waals surface area (Å²) in [5, 5.41) is 12.2. The zero-order chi connectivity index (χ0) is 24.1. The van der Waals surface area contributed by atoms with Crippen molar-refractivity contribution in [2.24, 2.45) is 5.92 Å². The predicted octanol–water partition coefficient (Wildman–Crippen LogP) is 4.41. The second-order valence-electron chi connectivity index (χ2n) is 10.3. The third kappa shape index (κ3) is 5.87. The maximum atomic E-state index is 13.0. The first-order valence-electron chi connectivity index (χ1n) is 13.0. The minimum Gasteiger partial charge on any atom is -0.381 e. The van der Waals surface area contributed by atoms with Gasteiger partial charge in [0.2, 0.25) is 5.91 Å². The molecule has 1 aromatic carbocycles. The van der Waals surface area contributed by atoms with E-state index in [1.807, 2.05) is 6.07 Å². The van der Waals surface area contributed by atoms with Crippen LogP contribution in [0.4, 0.5) is 0 Å². The van der Waals surface area contributed by atoms with Crippen LogP contribution in [-0.4, -0.2) is 57.9 Å². The molecule has 2 fully saturated rings. The molecule has 4 rings (SSSR count). The van der Waals surface area contributed by atoms with Gasteiger partial charge in [-0.25, -0.2) is 0 Å². The lowest BCUT2D eigenvalue weighted by Gasteiger charge is -2.38. The molecule has 0 bridgehead atoms. The first-order valence-corrected chi connectivity index (χ1v) is 13.0. The number of ether oxygens (including phenoxy) is 1. The topological polar surface area (TPSA) is 72.3 Å². The summed E-state index contributed by atoms with van der Waals surface area (Å²) < 4.78 is 7.82. The molecule has 2 atom stereocenters.